The molecule has 0 saturated heterocycles. The van der Waals surface area contributed by atoms with E-state index in [0.717, 1.165) is 11.3 Å². The maximum atomic E-state index is 13.7. The number of amides is 2. The third kappa shape index (κ3) is 4.74. The SMILES string of the molecule is Cc1cc(F)cc(NC(=O)c2c3c(c[nH]c2=O)CN(C(=O)CCc2ccccn2)CC3)c1. The Morgan fingerprint density at radius 3 is 2.84 bits per heavy atom. The van der Waals surface area contributed by atoms with E-state index >= 15 is 0 Å². The maximum Gasteiger partial charge on any atom is 0.261 e. The quantitative estimate of drug-likeness (QED) is 0.645. The van der Waals surface area contributed by atoms with Crippen LogP contribution in [-0.2, 0) is 24.2 Å². The molecule has 0 atom stereocenters. The molecule has 0 radical (unpaired) electrons. The van der Waals surface area contributed by atoms with E-state index in [1.165, 1.54) is 12.1 Å². The minimum absolute atomic E-state index is 0.00463. The number of hydrogen-bond acceptors (Lipinski definition) is 4. The van der Waals surface area contributed by atoms with E-state index in [1.807, 2.05) is 18.2 Å². The summed E-state index contributed by atoms with van der Waals surface area (Å²) in [5, 5.41) is 2.62. The van der Waals surface area contributed by atoms with Gasteiger partial charge in [-0.25, -0.2) is 4.39 Å². The molecule has 4 rings (SSSR count). The fourth-order valence-electron chi connectivity index (χ4n) is 3.96. The van der Waals surface area contributed by atoms with Crippen molar-refractivity contribution in [3.63, 3.8) is 0 Å². The van der Waals surface area contributed by atoms with Gasteiger partial charge < -0.3 is 15.2 Å². The summed E-state index contributed by atoms with van der Waals surface area (Å²) in [6.07, 6.45) is 4.53. The topological polar surface area (TPSA) is 95.2 Å². The van der Waals surface area contributed by atoms with Crippen LogP contribution in [0.5, 0.6) is 0 Å². The fourth-order valence-corrected chi connectivity index (χ4v) is 3.96. The Bertz CT molecular complexity index is 1200. The van der Waals surface area contributed by atoms with E-state index in [9.17, 15) is 18.8 Å². The van der Waals surface area contributed by atoms with Gasteiger partial charge in [0.1, 0.15) is 11.4 Å². The zero-order chi connectivity index (χ0) is 22.7. The monoisotopic (exact) mass is 434 g/mol. The van der Waals surface area contributed by atoms with Gasteiger partial charge in [-0.3, -0.25) is 19.4 Å². The zero-order valence-electron chi connectivity index (χ0n) is 17.7. The Morgan fingerprint density at radius 1 is 1.25 bits per heavy atom. The van der Waals surface area contributed by atoms with Crippen LogP contribution in [0.25, 0.3) is 0 Å². The first-order valence-electron chi connectivity index (χ1n) is 10.4. The molecule has 32 heavy (non-hydrogen) atoms. The molecule has 3 aromatic rings. The number of nitrogens with one attached hydrogen (secondary N) is 2. The lowest BCUT2D eigenvalue weighted by Gasteiger charge is -2.29. The number of hydrogen-bond donors (Lipinski definition) is 2. The number of nitrogens with zero attached hydrogens (tertiary/aromatic N) is 2. The molecule has 164 valence electrons. The summed E-state index contributed by atoms with van der Waals surface area (Å²) in [6, 6.07) is 9.79. The lowest BCUT2D eigenvalue weighted by atomic mass is 9.96. The highest BCUT2D eigenvalue weighted by molar-refractivity contribution is 6.05. The van der Waals surface area contributed by atoms with Crippen LogP contribution >= 0.6 is 0 Å². The Morgan fingerprint density at radius 2 is 2.09 bits per heavy atom. The van der Waals surface area contributed by atoms with E-state index in [0.29, 0.717) is 43.5 Å². The minimum atomic E-state index is -0.594. The summed E-state index contributed by atoms with van der Waals surface area (Å²) in [5.41, 5.74) is 2.63. The molecule has 1 aromatic carbocycles. The van der Waals surface area contributed by atoms with Gasteiger partial charge >= 0.3 is 0 Å². The molecule has 0 aliphatic carbocycles. The molecule has 1 aliphatic heterocycles. The summed E-state index contributed by atoms with van der Waals surface area (Å²) in [4.78, 5) is 46.6. The van der Waals surface area contributed by atoms with Gasteiger partial charge in [0, 0.05) is 43.3 Å². The van der Waals surface area contributed by atoms with Gasteiger partial charge in [0.05, 0.1) is 0 Å². The van der Waals surface area contributed by atoms with Gasteiger partial charge in [-0.1, -0.05) is 6.07 Å². The largest absolute Gasteiger partial charge is 0.338 e. The number of halogens is 1. The average Bonchev–Trinajstić information content (AvgIpc) is 2.77. The van der Waals surface area contributed by atoms with Crippen LogP contribution in [-0.4, -0.2) is 33.2 Å². The van der Waals surface area contributed by atoms with Crippen molar-refractivity contribution in [3.05, 3.63) is 92.9 Å². The molecule has 2 amide bonds. The number of aryl methyl sites for hydroxylation is 2. The van der Waals surface area contributed by atoms with E-state index in [2.05, 4.69) is 15.3 Å². The molecule has 2 aromatic heterocycles. The Hall–Kier alpha value is -3.81. The molecule has 0 spiro atoms. The van der Waals surface area contributed by atoms with Crippen molar-refractivity contribution in [2.45, 2.75) is 32.7 Å². The molecule has 0 saturated carbocycles. The molecule has 1 aliphatic rings. The summed E-state index contributed by atoms with van der Waals surface area (Å²) in [5.74, 6) is -1.07. The van der Waals surface area contributed by atoms with Crippen molar-refractivity contribution in [2.24, 2.45) is 0 Å². The number of anilines is 1. The predicted octanol–water partition coefficient (Wildman–Crippen LogP) is 2.99. The third-order valence-electron chi connectivity index (χ3n) is 5.49. The highest BCUT2D eigenvalue weighted by atomic mass is 19.1. The molecule has 2 N–H and O–H groups in total. The number of rotatable bonds is 5. The lowest BCUT2D eigenvalue weighted by Crippen LogP contribution is -2.38. The number of H-pyrrole nitrogens is 1. The van der Waals surface area contributed by atoms with Gasteiger partial charge in [0.25, 0.3) is 11.5 Å². The summed E-state index contributed by atoms with van der Waals surface area (Å²) in [6.45, 7) is 2.44. The van der Waals surface area contributed by atoms with Crippen molar-refractivity contribution in [1.29, 1.82) is 0 Å². The Labute approximate surface area is 184 Å². The first kappa shape index (κ1) is 21.4. The second-order valence-corrected chi connectivity index (χ2v) is 7.85. The van der Waals surface area contributed by atoms with Crippen LogP contribution in [0.4, 0.5) is 10.1 Å². The van der Waals surface area contributed by atoms with E-state index in [4.69, 9.17) is 0 Å². The molecule has 8 heteroatoms. The van der Waals surface area contributed by atoms with E-state index in [1.54, 1.807) is 30.3 Å². The maximum absolute atomic E-state index is 13.7. The first-order valence-corrected chi connectivity index (χ1v) is 10.4. The minimum Gasteiger partial charge on any atom is -0.338 e. The van der Waals surface area contributed by atoms with Crippen molar-refractivity contribution >= 4 is 17.5 Å². The number of carbonyl (C=O) groups excluding carboxylic acids is 2. The second kappa shape index (κ2) is 9.13. The zero-order valence-corrected chi connectivity index (χ0v) is 17.7. The van der Waals surface area contributed by atoms with Crippen molar-refractivity contribution in [3.8, 4) is 0 Å². The molecule has 3 heterocycles. The summed E-state index contributed by atoms with van der Waals surface area (Å²) < 4.78 is 13.7. The van der Waals surface area contributed by atoms with Crippen LogP contribution < -0.4 is 10.9 Å². The highest BCUT2D eigenvalue weighted by Crippen LogP contribution is 2.22. The number of fused-ring (bicyclic) bond motifs is 1. The Kier molecular flexibility index (Phi) is 6.11. The van der Waals surface area contributed by atoms with E-state index in [-0.39, 0.29) is 17.2 Å². The van der Waals surface area contributed by atoms with Crippen molar-refractivity contribution in [1.82, 2.24) is 14.9 Å². The normalized spacial score (nSPS) is 12.9. The molecule has 0 fully saturated rings. The average molecular weight is 434 g/mol. The smallest absolute Gasteiger partial charge is 0.261 e. The fraction of sp³-hybridized carbons (Fsp3) is 0.250. The molecular weight excluding hydrogens is 411 g/mol. The summed E-state index contributed by atoms with van der Waals surface area (Å²) in [7, 11) is 0. The van der Waals surface area contributed by atoms with E-state index < -0.39 is 17.3 Å². The first-order chi connectivity index (χ1) is 15.4. The molecular formula is C24H23FN4O3. The number of aromatic nitrogens is 2. The highest BCUT2D eigenvalue weighted by Gasteiger charge is 2.26. The van der Waals surface area contributed by atoms with Gasteiger partial charge in [-0.05, 0) is 66.8 Å². The van der Waals surface area contributed by atoms with Crippen molar-refractivity contribution in [2.75, 3.05) is 11.9 Å². The Balaban J connectivity index is 1.49. The molecule has 0 unspecified atom stereocenters. The summed E-state index contributed by atoms with van der Waals surface area (Å²) >= 11 is 0. The number of carbonyl (C=O) groups is 2. The standard InChI is InChI=1S/C24H23FN4O3/c1-15-10-17(25)12-19(11-15)28-24(32)22-20-7-9-29(14-16(20)13-27-23(22)31)21(30)6-5-18-4-2-3-8-26-18/h2-4,8,10-13H,5-7,9,14H2,1H3,(H,27,31)(H,28,32). The molecule has 7 nitrogen and oxygen atoms in total. The van der Waals surface area contributed by atoms with Gasteiger partial charge in [0.2, 0.25) is 5.91 Å². The molecule has 0 bridgehead atoms. The number of aromatic amines is 1. The van der Waals surface area contributed by atoms with Gasteiger partial charge in [0.15, 0.2) is 0 Å². The van der Waals surface area contributed by atoms with Crippen LogP contribution in [0.3, 0.4) is 0 Å². The van der Waals surface area contributed by atoms with Crippen LogP contribution in [0.15, 0.2) is 53.6 Å². The van der Waals surface area contributed by atoms with Gasteiger partial charge in [-0.2, -0.15) is 0 Å². The lowest BCUT2D eigenvalue weighted by molar-refractivity contribution is -0.132. The van der Waals surface area contributed by atoms with Gasteiger partial charge in [-0.15, -0.1) is 0 Å². The van der Waals surface area contributed by atoms with Crippen LogP contribution in [0.1, 0.15) is 39.2 Å². The number of pyridine rings is 2. The third-order valence-corrected chi connectivity index (χ3v) is 5.49. The van der Waals surface area contributed by atoms with Crippen LogP contribution in [0.2, 0.25) is 0 Å². The van der Waals surface area contributed by atoms with Crippen LogP contribution in [0, 0.1) is 12.7 Å². The predicted molar refractivity (Wildman–Crippen MR) is 118 cm³/mol. The van der Waals surface area contributed by atoms with Crippen molar-refractivity contribution < 1.29 is 14.0 Å². The number of benzene rings is 1. The second-order valence-electron chi connectivity index (χ2n) is 7.85.